The molecule has 7 nitrogen and oxygen atoms in total. The number of hydrogen-bond donors (Lipinski definition) is 1. The minimum atomic E-state index is -0.809. The van der Waals surface area contributed by atoms with Crippen LogP contribution in [0.4, 0.5) is 5.69 Å². The minimum Gasteiger partial charge on any atom is -0.478 e. The molecule has 0 saturated carbocycles. The highest BCUT2D eigenvalue weighted by Gasteiger charge is 2.18. The number of anilines is 1. The fraction of sp³-hybridized carbons (Fsp3) is 0.292. The highest BCUT2D eigenvalue weighted by Crippen LogP contribution is 2.24. The molecule has 2 aromatic carbocycles. The molecular weight excluding hydrogens is 396 g/mol. The number of carbonyl (C=O) groups excluding carboxylic acids is 2. The van der Waals surface area contributed by atoms with Gasteiger partial charge in [-0.25, -0.2) is 4.79 Å². The summed E-state index contributed by atoms with van der Waals surface area (Å²) in [4.78, 5) is 37.3. The number of hydrogen-bond acceptors (Lipinski definition) is 5. The standard InChI is InChI=1S/C24H26N2O5/c1-5-30-24(29)17(4)31-21-8-6-7-20-19(21)9-10-26(23(20)28)14-22(27)25-18-12-15(2)11-16(3)13-18/h6-13,17H,5,14H2,1-4H3,(H,25,27)/t17-/m0/s1. The summed E-state index contributed by atoms with van der Waals surface area (Å²) in [6, 6.07) is 12.5. The van der Waals surface area contributed by atoms with Crippen LogP contribution in [0.15, 0.2) is 53.5 Å². The van der Waals surface area contributed by atoms with Gasteiger partial charge in [-0.05, 0) is 69.2 Å². The number of benzene rings is 2. The summed E-state index contributed by atoms with van der Waals surface area (Å²) in [6.45, 7) is 7.37. The lowest BCUT2D eigenvalue weighted by Crippen LogP contribution is -2.28. The Morgan fingerprint density at radius 3 is 2.45 bits per heavy atom. The van der Waals surface area contributed by atoms with Gasteiger partial charge in [-0.15, -0.1) is 0 Å². The van der Waals surface area contributed by atoms with Crippen molar-refractivity contribution in [3.63, 3.8) is 0 Å². The number of aryl methyl sites for hydroxylation is 2. The molecule has 0 aliphatic carbocycles. The Morgan fingerprint density at radius 2 is 1.77 bits per heavy atom. The monoisotopic (exact) mass is 422 g/mol. The van der Waals surface area contributed by atoms with E-state index in [0.29, 0.717) is 22.2 Å². The number of ether oxygens (including phenoxy) is 2. The van der Waals surface area contributed by atoms with Gasteiger partial charge in [0, 0.05) is 17.3 Å². The van der Waals surface area contributed by atoms with Gasteiger partial charge in [0.05, 0.1) is 12.0 Å². The number of fused-ring (bicyclic) bond motifs is 1. The van der Waals surface area contributed by atoms with Gasteiger partial charge in [0.25, 0.3) is 5.56 Å². The molecular formula is C24H26N2O5. The molecule has 1 N–H and O–H groups in total. The van der Waals surface area contributed by atoms with Crippen LogP contribution in [0.3, 0.4) is 0 Å². The third-order valence-electron chi connectivity index (χ3n) is 4.72. The second-order valence-electron chi connectivity index (χ2n) is 7.40. The second kappa shape index (κ2) is 9.47. The van der Waals surface area contributed by atoms with E-state index in [-0.39, 0.29) is 24.6 Å². The lowest BCUT2D eigenvalue weighted by molar-refractivity contribution is -0.150. The van der Waals surface area contributed by atoms with Gasteiger partial charge in [0.15, 0.2) is 6.10 Å². The maximum absolute atomic E-state index is 12.9. The van der Waals surface area contributed by atoms with Crippen LogP contribution in [-0.4, -0.2) is 29.2 Å². The molecule has 1 amide bonds. The molecule has 0 saturated heterocycles. The summed E-state index contributed by atoms with van der Waals surface area (Å²) in [6.07, 6.45) is 0.740. The van der Waals surface area contributed by atoms with Crippen molar-refractivity contribution >= 4 is 28.3 Å². The van der Waals surface area contributed by atoms with Gasteiger partial charge < -0.3 is 19.4 Å². The Kier molecular flexibility index (Phi) is 6.74. The third kappa shape index (κ3) is 5.31. The molecule has 7 heteroatoms. The molecule has 0 spiro atoms. The van der Waals surface area contributed by atoms with Crippen LogP contribution in [0.1, 0.15) is 25.0 Å². The average molecular weight is 422 g/mol. The van der Waals surface area contributed by atoms with Crippen LogP contribution in [-0.2, 0) is 20.9 Å². The van der Waals surface area contributed by atoms with Crippen LogP contribution in [0, 0.1) is 13.8 Å². The first-order chi connectivity index (χ1) is 14.8. The Hall–Kier alpha value is -3.61. The van der Waals surface area contributed by atoms with Gasteiger partial charge in [0.2, 0.25) is 5.91 Å². The predicted molar refractivity (Wildman–Crippen MR) is 119 cm³/mol. The Labute approximate surface area is 180 Å². The fourth-order valence-corrected chi connectivity index (χ4v) is 3.42. The largest absolute Gasteiger partial charge is 0.478 e. The molecule has 0 aliphatic rings. The third-order valence-corrected chi connectivity index (χ3v) is 4.72. The van der Waals surface area contributed by atoms with E-state index >= 15 is 0 Å². The first-order valence-electron chi connectivity index (χ1n) is 10.1. The maximum Gasteiger partial charge on any atom is 0.347 e. The van der Waals surface area contributed by atoms with Crippen LogP contribution in [0.25, 0.3) is 10.8 Å². The molecule has 1 aromatic heterocycles. The van der Waals surface area contributed by atoms with E-state index in [0.717, 1.165) is 11.1 Å². The molecule has 0 bridgehead atoms. The highest BCUT2D eigenvalue weighted by atomic mass is 16.6. The number of rotatable bonds is 7. The number of carbonyl (C=O) groups is 2. The van der Waals surface area contributed by atoms with Gasteiger partial charge in [-0.1, -0.05) is 12.1 Å². The fourth-order valence-electron chi connectivity index (χ4n) is 3.42. The molecule has 1 atom stereocenters. The van der Waals surface area contributed by atoms with E-state index < -0.39 is 12.1 Å². The number of nitrogens with zero attached hydrogens (tertiary/aromatic N) is 1. The number of pyridine rings is 1. The van der Waals surface area contributed by atoms with Crippen molar-refractivity contribution in [2.45, 2.75) is 40.3 Å². The molecule has 1 heterocycles. The summed E-state index contributed by atoms with van der Waals surface area (Å²) >= 11 is 0. The van der Waals surface area contributed by atoms with Gasteiger partial charge >= 0.3 is 5.97 Å². The van der Waals surface area contributed by atoms with Crippen molar-refractivity contribution in [3.05, 3.63) is 70.1 Å². The van der Waals surface area contributed by atoms with E-state index in [9.17, 15) is 14.4 Å². The van der Waals surface area contributed by atoms with E-state index in [1.165, 1.54) is 4.57 Å². The molecule has 3 rings (SSSR count). The van der Waals surface area contributed by atoms with Crippen LogP contribution in [0.2, 0.25) is 0 Å². The summed E-state index contributed by atoms with van der Waals surface area (Å²) < 4.78 is 12.0. The van der Waals surface area contributed by atoms with Crippen molar-refractivity contribution in [1.29, 1.82) is 0 Å². The summed E-state index contributed by atoms with van der Waals surface area (Å²) in [5.74, 6) is -0.368. The van der Waals surface area contributed by atoms with Gasteiger partial charge in [-0.2, -0.15) is 0 Å². The van der Waals surface area contributed by atoms with Crippen molar-refractivity contribution in [3.8, 4) is 5.75 Å². The van der Waals surface area contributed by atoms with E-state index in [1.807, 2.05) is 32.0 Å². The van der Waals surface area contributed by atoms with Crippen LogP contribution < -0.4 is 15.6 Å². The zero-order valence-electron chi connectivity index (χ0n) is 18.1. The lowest BCUT2D eigenvalue weighted by Gasteiger charge is -2.15. The molecule has 162 valence electrons. The SMILES string of the molecule is CCOC(=O)[C@H](C)Oc1cccc2c(=O)n(CC(=O)Nc3cc(C)cc(C)c3)ccc12. The highest BCUT2D eigenvalue weighted by molar-refractivity contribution is 5.92. The molecule has 0 fully saturated rings. The predicted octanol–water partition coefficient (Wildman–Crippen LogP) is 3.59. The van der Waals surface area contributed by atoms with E-state index in [2.05, 4.69) is 5.32 Å². The second-order valence-corrected chi connectivity index (χ2v) is 7.40. The summed E-state index contributed by atoms with van der Waals surface area (Å²) in [7, 11) is 0. The Morgan fingerprint density at radius 1 is 1.06 bits per heavy atom. The average Bonchev–Trinajstić information content (AvgIpc) is 2.69. The van der Waals surface area contributed by atoms with Gasteiger partial charge in [0.1, 0.15) is 12.3 Å². The Balaban J connectivity index is 1.82. The van der Waals surface area contributed by atoms with Crippen molar-refractivity contribution < 1.29 is 19.1 Å². The number of esters is 1. The number of amides is 1. The molecule has 3 aromatic rings. The molecule has 0 radical (unpaired) electrons. The smallest absolute Gasteiger partial charge is 0.347 e. The summed E-state index contributed by atoms with van der Waals surface area (Å²) in [5, 5.41) is 3.80. The lowest BCUT2D eigenvalue weighted by atomic mass is 10.1. The van der Waals surface area contributed by atoms with E-state index in [1.54, 1.807) is 44.3 Å². The Bertz CT molecular complexity index is 1160. The summed E-state index contributed by atoms with van der Waals surface area (Å²) in [5.41, 5.74) is 2.47. The number of aromatic nitrogens is 1. The first kappa shape index (κ1) is 22.1. The van der Waals surface area contributed by atoms with Crippen molar-refractivity contribution in [2.75, 3.05) is 11.9 Å². The van der Waals surface area contributed by atoms with Crippen molar-refractivity contribution in [2.24, 2.45) is 0 Å². The first-order valence-corrected chi connectivity index (χ1v) is 10.1. The zero-order valence-corrected chi connectivity index (χ0v) is 18.1. The van der Waals surface area contributed by atoms with Crippen molar-refractivity contribution in [1.82, 2.24) is 4.57 Å². The van der Waals surface area contributed by atoms with Gasteiger partial charge in [-0.3, -0.25) is 9.59 Å². The maximum atomic E-state index is 12.9. The molecule has 0 unspecified atom stereocenters. The topological polar surface area (TPSA) is 86.6 Å². The quantitative estimate of drug-likeness (QED) is 0.588. The van der Waals surface area contributed by atoms with Crippen LogP contribution in [0.5, 0.6) is 5.75 Å². The van der Waals surface area contributed by atoms with Crippen LogP contribution >= 0.6 is 0 Å². The minimum absolute atomic E-state index is 0.119. The normalized spacial score (nSPS) is 11.7. The van der Waals surface area contributed by atoms with E-state index in [4.69, 9.17) is 9.47 Å². The molecule has 0 aliphatic heterocycles. The zero-order chi connectivity index (χ0) is 22.5. The number of nitrogens with one attached hydrogen (secondary N) is 1. The molecule has 31 heavy (non-hydrogen) atoms.